The van der Waals surface area contributed by atoms with E-state index in [0.29, 0.717) is 26.1 Å². The number of hydrogen-bond acceptors (Lipinski definition) is 8. The van der Waals surface area contributed by atoms with Gasteiger partial charge in [0.15, 0.2) is 0 Å². The molecule has 11 heteroatoms. The fraction of sp³-hybridized carbons (Fsp3) is 0.821. The Hall–Kier alpha value is -2.21. The van der Waals surface area contributed by atoms with Gasteiger partial charge in [0.2, 0.25) is 11.8 Å². The van der Waals surface area contributed by atoms with E-state index < -0.39 is 12.2 Å². The Bertz CT molecular complexity index is 874. The van der Waals surface area contributed by atoms with Crippen LogP contribution in [-0.4, -0.2) is 87.3 Å². The van der Waals surface area contributed by atoms with Crippen molar-refractivity contribution in [2.24, 2.45) is 11.7 Å². The molecular formula is C28H48N4O7. The summed E-state index contributed by atoms with van der Waals surface area (Å²) in [5.41, 5.74) is 5.83. The lowest BCUT2D eigenvalue weighted by Crippen LogP contribution is -2.56. The van der Waals surface area contributed by atoms with Crippen LogP contribution in [0.5, 0.6) is 0 Å². The smallest absolute Gasteiger partial charge is 0.407 e. The maximum absolute atomic E-state index is 12.6. The van der Waals surface area contributed by atoms with Gasteiger partial charge in [-0.25, -0.2) is 4.79 Å². The van der Waals surface area contributed by atoms with Crippen molar-refractivity contribution in [2.45, 2.75) is 102 Å². The molecule has 3 rings (SSSR count). The summed E-state index contributed by atoms with van der Waals surface area (Å²) in [4.78, 5) is 35.7. The van der Waals surface area contributed by atoms with Crippen LogP contribution in [0, 0.1) is 5.92 Å². The molecule has 2 aliphatic heterocycles. The van der Waals surface area contributed by atoms with Gasteiger partial charge < -0.3 is 40.6 Å². The van der Waals surface area contributed by atoms with Crippen molar-refractivity contribution >= 4 is 17.9 Å². The SMILES string of the molecule is COC1C(OC(=O)NCCC(=O)NCCCCCCNC(=O)CN)CC[C@]2(CO2)C1C1(C)O[C@@H]1CC=C(C)C. The second-order valence-corrected chi connectivity index (χ2v) is 11.3. The van der Waals surface area contributed by atoms with E-state index in [9.17, 15) is 14.4 Å². The zero-order valence-electron chi connectivity index (χ0n) is 24.0. The molecule has 1 spiro atoms. The highest BCUT2D eigenvalue weighted by Gasteiger charge is 2.72. The molecule has 0 aromatic rings. The number of nitrogens with two attached hydrogens (primary N) is 1. The van der Waals surface area contributed by atoms with Gasteiger partial charge in [0.25, 0.3) is 0 Å². The van der Waals surface area contributed by atoms with E-state index in [1.54, 1.807) is 7.11 Å². The molecule has 11 nitrogen and oxygen atoms in total. The zero-order valence-corrected chi connectivity index (χ0v) is 24.0. The molecule has 6 atom stereocenters. The van der Waals surface area contributed by atoms with Gasteiger partial charge in [-0.15, -0.1) is 0 Å². The summed E-state index contributed by atoms with van der Waals surface area (Å²) < 4.78 is 23.8. The van der Waals surface area contributed by atoms with Crippen molar-refractivity contribution in [3.63, 3.8) is 0 Å². The number of amides is 3. The van der Waals surface area contributed by atoms with Gasteiger partial charge in [-0.05, 0) is 52.9 Å². The van der Waals surface area contributed by atoms with Gasteiger partial charge in [0, 0.05) is 33.2 Å². The fourth-order valence-corrected chi connectivity index (χ4v) is 5.75. The number of alkyl carbamates (subject to hydrolysis) is 1. The van der Waals surface area contributed by atoms with E-state index in [1.807, 2.05) is 0 Å². The van der Waals surface area contributed by atoms with Crippen LogP contribution >= 0.6 is 0 Å². The first-order chi connectivity index (χ1) is 18.6. The lowest BCUT2D eigenvalue weighted by Gasteiger charge is -2.42. The minimum Gasteiger partial charge on any atom is -0.443 e. The Labute approximate surface area is 232 Å². The number of hydrogen-bond donors (Lipinski definition) is 4. The molecule has 222 valence electrons. The van der Waals surface area contributed by atoms with Crippen molar-refractivity contribution in [3.05, 3.63) is 11.6 Å². The van der Waals surface area contributed by atoms with E-state index >= 15 is 0 Å². The van der Waals surface area contributed by atoms with Gasteiger partial charge in [-0.3, -0.25) is 9.59 Å². The van der Waals surface area contributed by atoms with Gasteiger partial charge in [0.1, 0.15) is 23.4 Å². The highest BCUT2D eigenvalue weighted by Crippen LogP contribution is 2.59. The van der Waals surface area contributed by atoms with E-state index in [2.05, 4.69) is 42.8 Å². The Kier molecular flexibility index (Phi) is 11.6. The predicted octanol–water partition coefficient (Wildman–Crippen LogP) is 1.93. The number of rotatable bonds is 16. The predicted molar refractivity (Wildman–Crippen MR) is 146 cm³/mol. The highest BCUT2D eigenvalue weighted by molar-refractivity contribution is 5.77. The first-order valence-electron chi connectivity index (χ1n) is 14.3. The van der Waals surface area contributed by atoms with Crippen molar-refractivity contribution in [1.29, 1.82) is 0 Å². The Morgan fingerprint density at radius 1 is 1.03 bits per heavy atom. The van der Waals surface area contributed by atoms with Gasteiger partial charge in [0.05, 0.1) is 25.2 Å². The van der Waals surface area contributed by atoms with Crippen LogP contribution in [0.25, 0.3) is 0 Å². The summed E-state index contributed by atoms with van der Waals surface area (Å²) in [7, 11) is 1.65. The van der Waals surface area contributed by atoms with E-state index in [-0.39, 0.29) is 60.7 Å². The first kappa shape index (κ1) is 31.3. The summed E-state index contributed by atoms with van der Waals surface area (Å²) in [5.74, 6) is -0.298. The second-order valence-electron chi connectivity index (χ2n) is 11.3. The quantitative estimate of drug-likeness (QED) is 0.129. The highest BCUT2D eigenvalue weighted by atomic mass is 16.6. The van der Waals surface area contributed by atoms with Gasteiger partial charge in [-0.1, -0.05) is 24.5 Å². The molecule has 1 aliphatic carbocycles. The molecule has 0 aromatic heterocycles. The van der Waals surface area contributed by atoms with Crippen molar-refractivity contribution < 1.29 is 33.3 Å². The third kappa shape index (κ3) is 8.89. The largest absolute Gasteiger partial charge is 0.443 e. The molecular weight excluding hydrogens is 504 g/mol. The van der Waals surface area contributed by atoms with Crippen LogP contribution in [0.4, 0.5) is 4.79 Å². The van der Waals surface area contributed by atoms with Crippen LogP contribution < -0.4 is 21.7 Å². The number of epoxide rings is 2. The standard InChI is InChI=1S/C28H48N4O7/c1-19(2)9-10-21-27(3,39-21)25-24(36-4)20(11-13-28(25)18-37-28)38-26(35)32-16-12-22(33)30-14-7-5-6-8-15-31-23(34)17-29/h9,20-21,24-25H,5-8,10-18,29H2,1-4H3,(H,30,33)(H,31,34)(H,32,35)/t20?,21-,24?,25?,27?,28+/m1/s1. The minimum atomic E-state index is -0.550. The van der Waals surface area contributed by atoms with E-state index in [4.69, 9.17) is 24.7 Å². The summed E-state index contributed by atoms with van der Waals surface area (Å²) in [5, 5.41) is 8.30. The second kappa shape index (κ2) is 14.4. The van der Waals surface area contributed by atoms with Crippen molar-refractivity contribution in [3.8, 4) is 0 Å². The average Bonchev–Trinajstić information content (AvgIpc) is 3.82. The third-order valence-electron chi connectivity index (χ3n) is 8.05. The Morgan fingerprint density at radius 3 is 2.28 bits per heavy atom. The molecule has 5 N–H and O–H groups in total. The lowest BCUT2D eigenvalue weighted by atomic mass is 9.68. The molecule has 3 fully saturated rings. The monoisotopic (exact) mass is 552 g/mol. The van der Waals surface area contributed by atoms with Crippen LogP contribution in [0.3, 0.4) is 0 Å². The molecule has 0 bridgehead atoms. The summed E-state index contributed by atoms with van der Waals surface area (Å²) in [6.07, 6.45) is 7.08. The van der Waals surface area contributed by atoms with Crippen molar-refractivity contribution in [1.82, 2.24) is 16.0 Å². The molecule has 0 aromatic carbocycles. The number of unbranched alkanes of at least 4 members (excludes halogenated alkanes) is 3. The van der Waals surface area contributed by atoms with E-state index in [0.717, 1.165) is 38.5 Å². The van der Waals surface area contributed by atoms with Crippen LogP contribution in [-0.2, 0) is 28.5 Å². The number of carbonyl (C=O) groups excluding carboxylic acids is 3. The molecule has 1 saturated carbocycles. The van der Waals surface area contributed by atoms with Gasteiger partial charge >= 0.3 is 6.09 Å². The number of methoxy groups -OCH3 is 1. The summed E-state index contributed by atoms with van der Waals surface area (Å²) >= 11 is 0. The number of allylic oxidation sites excluding steroid dienone is 1. The molecule has 0 radical (unpaired) electrons. The van der Waals surface area contributed by atoms with E-state index in [1.165, 1.54) is 5.57 Å². The Balaban J connectivity index is 1.34. The summed E-state index contributed by atoms with van der Waals surface area (Å²) in [6, 6.07) is 0. The normalized spacial score (nSPS) is 30.8. The third-order valence-corrected chi connectivity index (χ3v) is 8.05. The molecule has 2 saturated heterocycles. The topological polar surface area (TPSA) is 157 Å². The molecule has 2 heterocycles. The molecule has 3 aliphatic rings. The van der Waals surface area contributed by atoms with Crippen molar-refractivity contribution in [2.75, 3.05) is 39.9 Å². The maximum Gasteiger partial charge on any atom is 0.407 e. The maximum atomic E-state index is 12.6. The molecule has 3 amide bonds. The number of ether oxygens (including phenoxy) is 4. The summed E-state index contributed by atoms with van der Waals surface area (Å²) in [6.45, 7) is 8.34. The number of nitrogens with one attached hydrogen (secondary N) is 3. The molecule has 39 heavy (non-hydrogen) atoms. The minimum absolute atomic E-state index is 0.00975. The van der Waals surface area contributed by atoms with Crippen LogP contribution in [0.15, 0.2) is 11.6 Å². The molecule has 4 unspecified atom stereocenters. The number of carbonyl (C=O) groups is 3. The van der Waals surface area contributed by atoms with Crippen LogP contribution in [0.1, 0.15) is 72.1 Å². The van der Waals surface area contributed by atoms with Gasteiger partial charge in [-0.2, -0.15) is 0 Å². The average molecular weight is 553 g/mol. The van der Waals surface area contributed by atoms with Crippen LogP contribution in [0.2, 0.25) is 0 Å². The zero-order chi connectivity index (χ0) is 28.5. The lowest BCUT2D eigenvalue weighted by molar-refractivity contribution is -0.121. The Morgan fingerprint density at radius 2 is 1.69 bits per heavy atom. The first-order valence-corrected chi connectivity index (χ1v) is 14.3. The fourth-order valence-electron chi connectivity index (χ4n) is 5.75.